The number of benzene rings is 2. The van der Waals surface area contributed by atoms with Crippen LogP contribution < -0.4 is 5.32 Å². The van der Waals surface area contributed by atoms with E-state index in [2.05, 4.69) is 5.32 Å². The number of nitrogens with one attached hydrogen (secondary N) is 1. The van der Waals surface area contributed by atoms with Gasteiger partial charge in [-0.25, -0.2) is 16.8 Å². The molecule has 7 nitrogen and oxygen atoms in total. The van der Waals surface area contributed by atoms with Crippen LogP contribution in [0.3, 0.4) is 0 Å². The van der Waals surface area contributed by atoms with E-state index in [0.29, 0.717) is 13.1 Å². The van der Waals surface area contributed by atoms with Gasteiger partial charge in [-0.3, -0.25) is 4.79 Å². The third-order valence-electron chi connectivity index (χ3n) is 5.15. The van der Waals surface area contributed by atoms with Gasteiger partial charge in [-0.15, -0.1) is 0 Å². The zero-order valence-electron chi connectivity index (χ0n) is 16.9. The smallest absolute Gasteiger partial charge is 0.255 e. The Labute approximate surface area is 178 Å². The van der Waals surface area contributed by atoms with Crippen LogP contribution in [0.2, 0.25) is 0 Å². The van der Waals surface area contributed by atoms with Crippen LogP contribution in [0.4, 0.5) is 5.69 Å². The van der Waals surface area contributed by atoms with E-state index in [1.807, 2.05) is 0 Å². The SMILES string of the molecule is CCS(=O)(=O)c1ccccc1NC(=O)c1cccc(S(=O)(=O)N2CCCCCC2)c1. The van der Waals surface area contributed by atoms with Crippen LogP contribution in [0.15, 0.2) is 58.3 Å². The Bertz CT molecular complexity index is 1120. The summed E-state index contributed by atoms with van der Waals surface area (Å²) in [6.45, 7) is 2.48. The number of nitrogens with zero attached hydrogens (tertiary/aromatic N) is 1. The van der Waals surface area contributed by atoms with Gasteiger partial charge in [0.25, 0.3) is 5.91 Å². The van der Waals surface area contributed by atoms with Crippen molar-refractivity contribution in [3.63, 3.8) is 0 Å². The summed E-state index contributed by atoms with van der Waals surface area (Å²) in [5, 5.41) is 2.61. The largest absolute Gasteiger partial charge is 0.321 e. The van der Waals surface area contributed by atoms with Crippen LogP contribution in [0, 0.1) is 0 Å². The number of amides is 1. The van der Waals surface area contributed by atoms with Crippen LogP contribution in [0.1, 0.15) is 43.0 Å². The van der Waals surface area contributed by atoms with Crippen molar-refractivity contribution in [3.8, 4) is 0 Å². The molecule has 9 heteroatoms. The first kappa shape index (κ1) is 22.5. The Hall–Kier alpha value is -2.23. The van der Waals surface area contributed by atoms with Crippen molar-refractivity contribution in [2.45, 2.75) is 42.4 Å². The van der Waals surface area contributed by atoms with E-state index in [9.17, 15) is 21.6 Å². The lowest BCUT2D eigenvalue weighted by molar-refractivity contribution is 0.102. The lowest BCUT2D eigenvalue weighted by atomic mass is 10.2. The molecule has 1 saturated heterocycles. The van der Waals surface area contributed by atoms with Crippen molar-refractivity contribution >= 4 is 31.5 Å². The summed E-state index contributed by atoms with van der Waals surface area (Å²) in [6.07, 6.45) is 3.66. The number of rotatable bonds is 6. The number of carbonyl (C=O) groups excluding carboxylic acids is 1. The second-order valence-corrected chi connectivity index (χ2v) is 11.4. The highest BCUT2D eigenvalue weighted by molar-refractivity contribution is 7.91. The van der Waals surface area contributed by atoms with E-state index in [-0.39, 0.29) is 26.8 Å². The highest BCUT2D eigenvalue weighted by Crippen LogP contribution is 2.24. The van der Waals surface area contributed by atoms with E-state index in [0.717, 1.165) is 25.7 Å². The zero-order chi connectivity index (χ0) is 21.8. The minimum atomic E-state index is -3.69. The zero-order valence-corrected chi connectivity index (χ0v) is 18.5. The van der Waals surface area contributed by atoms with E-state index in [1.54, 1.807) is 12.1 Å². The molecule has 1 aliphatic heterocycles. The summed E-state index contributed by atoms with van der Waals surface area (Å²) in [6, 6.07) is 12.0. The van der Waals surface area contributed by atoms with E-state index < -0.39 is 25.8 Å². The summed E-state index contributed by atoms with van der Waals surface area (Å²) < 4.78 is 52.1. The monoisotopic (exact) mass is 450 g/mol. The Kier molecular flexibility index (Phi) is 6.95. The first-order chi connectivity index (χ1) is 14.3. The molecular formula is C21H26N2O5S2. The molecule has 0 spiro atoms. The molecule has 0 bridgehead atoms. The van der Waals surface area contributed by atoms with Gasteiger partial charge < -0.3 is 5.32 Å². The Morgan fingerprint density at radius 1 is 0.933 bits per heavy atom. The average Bonchev–Trinajstić information content (AvgIpc) is 3.04. The summed E-state index contributed by atoms with van der Waals surface area (Å²) >= 11 is 0. The second-order valence-electron chi connectivity index (χ2n) is 7.20. The van der Waals surface area contributed by atoms with Crippen LogP contribution in [0.25, 0.3) is 0 Å². The molecule has 162 valence electrons. The number of para-hydroxylation sites is 1. The van der Waals surface area contributed by atoms with Gasteiger partial charge in [-0.2, -0.15) is 4.31 Å². The van der Waals surface area contributed by atoms with Gasteiger partial charge in [0, 0.05) is 18.7 Å². The molecule has 1 heterocycles. The molecule has 3 rings (SSSR count). The molecule has 1 aliphatic rings. The third-order valence-corrected chi connectivity index (χ3v) is 8.83. The standard InChI is InChI=1S/C21H26N2O5S2/c1-2-29(25,26)20-13-6-5-12-19(20)22-21(24)17-10-9-11-18(16-17)30(27,28)23-14-7-3-4-8-15-23/h5-6,9-13,16H,2-4,7-8,14-15H2,1H3,(H,22,24). The first-order valence-corrected chi connectivity index (χ1v) is 13.1. The van der Waals surface area contributed by atoms with Crippen molar-refractivity contribution < 1.29 is 21.6 Å². The molecule has 0 aliphatic carbocycles. The van der Waals surface area contributed by atoms with Crippen molar-refractivity contribution in [1.82, 2.24) is 4.31 Å². The van der Waals surface area contributed by atoms with E-state index in [4.69, 9.17) is 0 Å². The molecule has 1 fully saturated rings. The van der Waals surface area contributed by atoms with Crippen LogP contribution in [0.5, 0.6) is 0 Å². The maximum absolute atomic E-state index is 13.0. The lowest BCUT2D eigenvalue weighted by Gasteiger charge is -2.20. The highest BCUT2D eigenvalue weighted by atomic mass is 32.2. The maximum Gasteiger partial charge on any atom is 0.255 e. The van der Waals surface area contributed by atoms with Gasteiger partial charge in [0.05, 0.1) is 21.2 Å². The van der Waals surface area contributed by atoms with Gasteiger partial charge >= 0.3 is 0 Å². The average molecular weight is 451 g/mol. The fraction of sp³-hybridized carbons (Fsp3) is 0.381. The van der Waals surface area contributed by atoms with E-state index >= 15 is 0 Å². The molecule has 1 amide bonds. The van der Waals surface area contributed by atoms with Crippen molar-refractivity contribution in [3.05, 3.63) is 54.1 Å². The second kappa shape index (κ2) is 9.28. The number of hydrogen-bond acceptors (Lipinski definition) is 5. The van der Waals surface area contributed by atoms with Gasteiger partial charge in [0.15, 0.2) is 9.84 Å². The number of anilines is 1. The number of carbonyl (C=O) groups is 1. The fourth-order valence-corrected chi connectivity index (χ4v) is 6.03. The van der Waals surface area contributed by atoms with Crippen LogP contribution in [-0.2, 0) is 19.9 Å². The van der Waals surface area contributed by atoms with Gasteiger partial charge in [0.2, 0.25) is 10.0 Å². The van der Waals surface area contributed by atoms with Crippen LogP contribution in [-0.4, -0.2) is 45.9 Å². The topological polar surface area (TPSA) is 101 Å². The van der Waals surface area contributed by atoms with Gasteiger partial charge in [0.1, 0.15) is 0 Å². The minimum absolute atomic E-state index is 0.0363. The van der Waals surface area contributed by atoms with Crippen molar-refractivity contribution in [1.29, 1.82) is 0 Å². The number of sulfonamides is 1. The van der Waals surface area contributed by atoms with Gasteiger partial charge in [-0.1, -0.05) is 38.0 Å². The minimum Gasteiger partial charge on any atom is -0.321 e. The Balaban J connectivity index is 1.88. The summed E-state index contributed by atoms with van der Waals surface area (Å²) in [5.74, 6) is -0.662. The van der Waals surface area contributed by atoms with Gasteiger partial charge in [-0.05, 0) is 43.2 Å². The quantitative estimate of drug-likeness (QED) is 0.728. The maximum atomic E-state index is 13.0. The molecule has 1 N–H and O–H groups in total. The summed E-state index contributed by atoms with van der Waals surface area (Å²) in [7, 11) is -7.22. The summed E-state index contributed by atoms with van der Waals surface area (Å²) in [4.78, 5) is 12.9. The molecule has 2 aromatic carbocycles. The predicted octanol–water partition coefficient (Wildman–Crippen LogP) is 3.30. The molecule has 0 aromatic heterocycles. The molecular weight excluding hydrogens is 424 g/mol. The van der Waals surface area contributed by atoms with Crippen molar-refractivity contribution in [2.75, 3.05) is 24.2 Å². The Morgan fingerprint density at radius 2 is 1.60 bits per heavy atom. The lowest BCUT2D eigenvalue weighted by Crippen LogP contribution is -2.32. The number of sulfone groups is 1. The third kappa shape index (κ3) is 4.91. The molecule has 30 heavy (non-hydrogen) atoms. The molecule has 2 aromatic rings. The molecule has 0 saturated carbocycles. The predicted molar refractivity (Wildman–Crippen MR) is 116 cm³/mol. The molecule has 0 unspecified atom stereocenters. The normalized spacial score (nSPS) is 16.0. The first-order valence-electron chi connectivity index (χ1n) is 9.99. The fourth-order valence-electron chi connectivity index (χ4n) is 3.42. The summed E-state index contributed by atoms with van der Waals surface area (Å²) in [5.41, 5.74) is 0.319. The molecule has 0 radical (unpaired) electrons. The Morgan fingerprint density at radius 3 is 2.27 bits per heavy atom. The number of hydrogen-bond donors (Lipinski definition) is 1. The van der Waals surface area contributed by atoms with Crippen molar-refractivity contribution in [2.24, 2.45) is 0 Å². The van der Waals surface area contributed by atoms with Crippen LogP contribution >= 0.6 is 0 Å². The molecule has 0 atom stereocenters. The highest BCUT2D eigenvalue weighted by Gasteiger charge is 2.26. The van der Waals surface area contributed by atoms with E-state index in [1.165, 1.54) is 47.6 Å².